The van der Waals surface area contributed by atoms with Crippen LogP contribution in [0.25, 0.3) is 0 Å². The Bertz CT molecular complexity index is 765. The number of hydrogen-bond acceptors (Lipinski definition) is 6. The molecule has 0 aliphatic carbocycles. The number of thioether (sulfide) groups is 1. The van der Waals surface area contributed by atoms with Crippen LogP contribution >= 0.6 is 11.8 Å². The van der Waals surface area contributed by atoms with Crippen molar-refractivity contribution < 1.29 is 9.59 Å². The zero-order valence-corrected chi connectivity index (χ0v) is 16.6. The summed E-state index contributed by atoms with van der Waals surface area (Å²) < 4.78 is 1.73. The fourth-order valence-electron chi connectivity index (χ4n) is 2.34. The van der Waals surface area contributed by atoms with Crippen LogP contribution in [0.15, 0.2) is 29.4 Å². The first-order chi connectivity index (χ1) is 12.2. The van der Waals surface area contributed by atoms with Crippen LogP contribution in [0.1, 0.15) is 50.5 Å². The molecule has 0 bridgehead atoms. The van der Waals surface area contributed by atoms with Crippen molar-refractivity contribution in [2.45, 2.75) is 57.0 Å². The lowest BCUT2D eigenvalue weighted by Gasteiger charge is -2.20. The molecule has 0 saturated heterocycles. The van der Waals surface area contributed by atoms with Crippen LogP contribution in [0.5, 0.6) is 0 Å². The van der Waals surface area contributed by atoms with Crippen LogP contribution in [0.4, 0.5) is 0 Å². The molecule has 0 spiro atoms. The minimum absolute atomic E-state index is 0.0341. The molecule has 7 nitrogen and oxygen atoms in total. The smallest absolute Gasteiger partial charge is 0.216 e. The van der Waals surface area contributed by atoms with E-state index in [0.717, 1.165) is 12.0 Å². The van der Waals surface area contributed by atoms with E-state index in [4.69, 9.17) is 0 Å². The lowest BCUT2D eigenvalue weighted by atomic mass is 10.0. The van der Waals surface area contributed by atoms with E-state index < -0.39 is 0 Å². The molecule has 1 amide bonds. The summed E-state index contributed by atoms with van der Waals surface area (Å²) in [5, 5.41) is 14.9. The molecule has 8 heteroatoms. The highest BCUT2D eigenvalue weighted by molar-refractivity contribution is 8.00. The van der Waals surface area contributed by atoms with Gasteiger partial charge in [-0.25, -0.2) is 4.68 Å². The fraction of sp³-hybridized carbons (Fsp3) is 0.500. The Hall–Kier alpha value is -2.22. The van der Waals surface area contributed by atoms with E-state index in [2.05, 4.69) is 20.8 Å². The number of ketones is 1. The second-order valence-electron chi connectivity index (χ2n) is 7.10. The van der Waals surface area contributed by atoms with Crippen molar-refractivity contribution in [1.82, 2.24) is 25.5 Å². The Balaban J connectivity index is 2.00. The third-order valence-electron chi connectivity index (χ3n) is 3.75. The number of aromatic nitrogens is 4. The number of benzene rings is 1. The molecular formula is C18H25N5O2S. The maximum Gasteiger partial charge on any atom is 0.216 e. The Kier molecular flexibility index (Phi) is 6.52. The van der Waals surface area contributed by atoms with E-state index in [1.165, 1.54) is 18.7 Å². The number of tetrazole rings is 1. The van der Waals surface area contributed by atoms with Crippen molar-refractivity contribution in [1.29, 1.82) is 0 Å². The van der Waals surface area contributed by atoms with Gasteiger partial charge in [-0.1, -0.05) is 36.0 Å². The number of amides is 1. The molecule has 26 heavy (non-hydrogen) atoms. The van der Waals surface area contributed by atoms with Gasteiger partial charge in [-0.15, -0.1) is 5.10 Å². The van der Waals surface area contributed by atoms with Gasteiger partial charge in [-0.2, -0.15) is 0 Å². The van der Waals surface area contributed by atoms with E-state index >= 15 is 0 Å². The van der Waals surface area contributed by atoms with E-state index in [0.29, 0.717) is 17.3 Å². The molecule has 2 rings (SSSR count). The second-order valence-corrected chi connectivity index (χ2v) is 8.41. The molecule has 1 heterocycles. The summed E-state index contributed by atoms with van der Waals surface area (Å²) in [4.78, 5) is 23.6. The predicted molar refractivity (Wildman–Crippen MR) is 101 cm³/mol. The van der Waals surface area contributed by atoms with Gasteiger partial charge in [0.15, 0.2) is 5.78 Å². The molecule has 1 unspecified atom stereocenters. The molecule has 0 fully saturated rings. The highest BCUT2D eigenvalue weighted by atomic mass is 32.2. The molecule has 1 aromatic carbocycles. The zero-order valence-electron chi connectivity index (χ0n) is 15.8. The topological polar surface area (TPSA) is 89.8 Å². The number of nitrogens with zero attached hydrogens (tertiary/aromatic N) is 4. The van der Waals surface area contributed by atoms with Gasteiger partial charge in [0.2, 0.25) is 11.1 Å². The number of nitrogens with one attached hydrogen (secondary N) is 1. The van der Waals surface area contributed by atoms with E-state index in [1.807, 2.05) is 52.0 Å². The van der Waals surface area contributed by atoms with Gasteiger partial charge in [-0.05, 0) is 50.1 Å². The lowest BCUT2D eigenvalue weighted by molar-refractivity contribution is -0.118. The van der Waals surface area contributed by atoms with Gasteiger partial charge in [0.25, 0.3) is 0 Å². The van der Waals surface area contributed by atoms with E-state index in [9.17, 15) is 9.59 Å². The Morgan fingerprint density at radius 2 is 1.88 bits per heavy atom. The Morgan fingerprint density at radius 3 is 2.46 bits per heavy atom. The first-order valence-corrected chi connectivity index (χ1v) is 9.39. The third-order valence-corrected chi connectivity index (χ3v) is 4.79. The fourth-order valence-corrected chi connectivity index (χ4v) is 3.39. The lowest BCUT2D eigenvalue weighted by Crippen LogP contribution is -2.25. The monoisotopic (exact) mass is 375 g/mol. The molecule has 0 saturated carbocycles. The first kappa shape index (κ1) is 20.1. The van der Waals surface area contributed by atoms with E-state index in [-0.39, 0.29) is 22.5 Å². The number of carbonyl (C=O) groups excluding carboxylic acids is 2. The summed E-state index contributed by atoms with van der Waals surface area (Å²) in [6.45, 7) is 9.99. The van der Waals surface area contributed by atoms with Crippen molar-refractivity contribution in [3.05, 3.63) is 35.4 Å². The van der Waals surface area contributed by atoms with Crippen LogP contribution < -0.4 is 5.32 Å². The van der Waals surface area contributed by atoms with Crippen LogP contribution in [0, 0.1) is 0 Å². The van der Waals surface area contributed by atoms with Gasteiger partial charge in [0.1, 0.15) is 0 Å². The van der Waals surface area contributed by atoms with Crippen molar-refractivity contribution in [3.63, 3.8) is 0 Å². The SMILES string of the molecule is CC(=O)NCCc1ccc(C(=O)C(C)Sc2nnnn2C(C)(C)C)cc1. The first-order valence-electron chi connectivity index (χ1n) is 8.51. The maximum atomic E-state index is 12.7. The van der Waals surface area contributed by atoms with Crippen LogP contribution in [-0.2, 0) is 16.8 Å². The number of rotatable bonds is 7. The highest BCUT2D eigenvalue weighted by Crippen LogP contribution is 2.27. The van der Waals surface area contributed by atoms with Gasteiger partial charge < -0.3 is 5.32 Å². The molecule has 1 atom stereocenters. The highest BCUT2D eigenvalue weighted by Gasteiger charge is 2.24. The molecule has 0 radical (unpaired) electrons. The summed E-state index contributed by atoms with van der Waals surface area (Å²) in [5.74, 6) is -0.00730. The zero-order chi connectivity index (χ0) is 19.3. The number of hydrogen-bond donors (Lipinski definition) is 1. The number of carbonyl (C=O) groups is 2. The minimum atomic E-state index is -0.299. The summed E-state index contributed by atoms with van der Waals surface area (Å²) in [7, 11) is 0. The van der Waals surface area contributed by atoms with Crippen LogP contribution in [-0.4, -0.2) is 43.7 Å². The molecule has 1 aromatic heterocycles. The van der Waals surface area contributed by atoms with Crippen molar-refractivity contribution >= 4 is 23.5 Å². The average Bonchev–Trinajstić information content (AvgIpc) is 3.03. The normalized spacial score (nSPS) is 12.7. The average molecular weight is 375 g/mol. The number of Topliss-reactive ketones (excluding diaryl/α,β-unsaturated/α-hetero) is 1. The Morgan fingerprint density at radius 1 is 1.23 bits per heavy atom. The van der Waals surface area contributed by atoms with Crippen LogP contribution in [0.2, 0.25) is 0 Å². The van der Waals surface area contributed by atoms with E-state index in [1.54, 1.807) is 4.68 Å². The maximum absolute atomic E-state index is 12.7. The van der Waals surface area contributed by atoms with Crippen LogP contribution in [0.3, 0.4) is 0 Å². The summed E-state index contributed by atoms with van der Waals surface area (Å²) in [5.41, 5.74) is 1.49. The van der Waals surface area contributed by atoms with Gasteiger partial charge >= 0.3 is 0 Å². The molecular weight excluding hydrogens is 350 g/mol. The Labute approximate surface area is 157 Å². The quantitative estimate of drug-likeness (QED) is 0.591. The second kappa shape index (κ2) is 8.44. The van der Waals surface area contributed by atoms with Crippen molar-refractivity contribution in [2.24, 2.45) is 0 Å². The summed E-state index contributed by atoms with van der Waals surface area (Å²) in [6.07, 6.45) is 0.735. The van der Waals surface area contributed by atoms with Crippen molar-refractivity contribution in [3.8, 4) is 0 Å². The molecule has 140 valence electrons. The van der Waals surface area contributed by atoms with Gasteiger partial charge in [0, 0.05) is 19.0 Å². The summed E-state index contributed by atoms with van der Waals surface area (Å²) in [6, 6.07) is 7.50. The largest absolute Gasteiger partial charge is 0.356 e. The van der Waals surface area contributed by atoms with Crippen molar-refractivity contribution in [2.75, 3.05) is 6.54 Å². The minimum Gasteiger partial charge on any atom is -0.356 e. The molecule has 2 aromatic rings. The third kappa shape index (κ3) is 5.39. The standard InChI is InChI=1S/C18H25N5O2S/c1-12(26-17-20-21-22-23(17)18(3,4)5)16(25)15-8-6-14(7-9-15)10-11-19-13(2)24/h6-9,12H,10-11H2,1-5H3,(H,19,24). The molecule has 1 N–H and O–H groups in total. The van der Waals surface area contributed by atoms with Gasteiger partial charge in [-0.3, -0.25) is 9.59 Å². The summed E-state index contributed by atoms with van der Waals surface area (Å²) >= 11 is 1.36. The van der Waals surface area contributed by atoms with Gasteiger partial charge in [0.05, 0.1) is 10.8 Å². The molecule has 0 aliphatic heterocycles. The predicted octanol–water partition coefficient (Wildman–Crippen LogP) is 2.47. The molecule has 0 aliphatic rings.